The zero-order valence-electron chi connectivity index (χ0n) is 18.1. The molecule has 6 atom stereocenters. The minimum atomic E-state index is -0.124. The average Bonchev–Trinajstić information content (AvgIpc) is 3.13. The molecule has 152 valence electrons. The average molecular weight is 381 g/mol. The molecule has 1 heterocycles. The van der Waals surface area contributed by atoms with Crippen LogP contribution < -0.4 is 0 Å². The molecule has 0 bridgehead atoms. The van der Waals surface area contributed by atoms with Gasteiger partial charge < -0.3 is 0 Å². The van der Waals surface area contributed by atoms with Crippen molar-refractivity contribution in [2.24, 2.45) is 41.5 Å². The van der Waals surface area contributed by atoms with Gasteiger partial charge in [-0.2, -0.15) is 5.10 Å². The second-order valence-electron chi connectivity index (χ2n) is 10.9. The molecule has 4 fully saturated rings. The van der Waals surface area contributed by atoms with Crippen LogP contribution in [0.3, 0.4) is 0 Å². The van der Waals surface area contributed by atoms with Crippen LogP contribution in [0.15, 0.2) is 11.8 Å². The largest absolute Gasteiger partial charge is 0.294 e. The van der Waals surface area contributed by atoms with E-state index in [4.69, 9.17) is 0 Å². The standard InChI is InChI=1S/C25H36N2O/c1-16-18(15-26-27(16)4)13-17-14-22-20-9-8-19-7-5-6-11-24(19,2)21(20)10-12-25(22,3)23(17)28/h13,15,19-22H,5-12,14H2,1-4H3. The van der Waals surface area contributed by atoms with E-state index in [1.165, 1.54) is 44.9 Å². The van der Waals surface area contributed by atoms with E-state index in [0.717, 1.165) is 47.4 Å². The summed E-state index contributed by atoms with van der Waals surface area (Å²) in [6.45, 7) is 7.00. The Bertz CT molecular complexity index is 836. The smallest absolute Gasteiger partial charge is 0.165 e. The van der Waals surface area contributed by atoms with Crippen LogP contribution in [-0.2, 0) is 11.8 Å². The molecule has 0 aliphatic heterocycles. The van der Waals surface area contributed by atoms with E-state index >= 15 is 0 Å². The molecule has 4 aliphatic carbocycles. The summed E-state index contributed by atoms with van der Waals surface area (Å²) in [6.07, 6.45) is 15.9. The molecule has 4 saturated carbocycles. The maximum absolute atomic E-state index is 13.5. The number of carbonyl (C=O) groups is 1. The summed E-state index contributed by atoms with van der Waals surface area (Å²) in [5.41, 5.74) is 3.75. The Morgan fingerprint density at radius 2 is 1.93 bits per heavy atom. The number of fused-ring (bicyclic) bond motifs is 5. The van der Waals surface area contributed by atoms with E-state index in [-0.39, 0.29) is 5.41 Å². The molecule has 5 rings (SSSR count). The third-order valence-corrected chi connectivity index (χ3v) is 9.83. The highest BCUT2D eigenvalue weighted by Gasteiger charge is 2.60. The van der Waals surface area contributed by atoms with Gasteiger partial charge in [-0.05, 0) is 92.6 Å². The van der Waals surface area contributed by atoms with Gasteiger partial charge in [0.1, 0.15) is 0 Å². The topological polar surface area (TPSA) is 34.9 Å². The minimum absolute atomic E-state index is 0.124. The van der Waals surface area contributed by atoms with Gasteiger partial charge in [-0.25, -0.2) is 0 Å². The maximum Gasteiger partial charge on any atom is 0.165 e. The highest BCUT2D eigenvalue weighted by molar-refractivity contribution is 6.06. The summed E-state index contributed by atoms with van der Waals surface area (Å²) in [5.74, 6) is 3.54. The molecule has 6 unspecified atom stereocenters. The van der Waals surface area contributed by atoms with Crippen LogP contribution in [0.4, 0.5) is 0 Å². The number of rotatable bonds is 1. The number of nitrogens with zero attached hydrogens (tertiary/aromatic N) is 2. The van der Waals surface area contributed by atoms with Gasteiger partial charge in [-0.1, -0.05) is 26.7 Å². The zero-order chi connectivity index (χ0) is 19.7. The summed E-state index contributed by atoms with van der Waals surface area (Å²) >= 11 is 0. The lowest BCUT2D eigenvalue weighted by molar-refractivity contribution is -0.137. The van der Waals surface area contributed by atoms with Crippen LogP contribution in [-0.4, -0.2) is 15.6 Å². The van der Waals surface area contributed by atoms with Gasteiger partial charge in [0.2, 0.25) is 0 Å². The first-order valence-electron chi connectivity index (χ1n) is 11.6. The van der Waals surface area contributed by atoms with Crippen molar-refractivity contribution in [2.75, 3.05) is 0 Å². The van der Waals surface area contributed by atoms with Crippen molar-refractivity contribution in [3.8, 4) is 0 Å². The molecule has 1 aromatic heterocycles. The van der Waals surface area contributed by atoms with Gasteiger partial charge >= 0.3 is 0 Å². The van der Waals surface area contributed by atoms with Gasteiger partial charge in [0.15, 0.2) is 5.78 Å². The van der Waals surface area contributed by atoms with Crippen LogP contribution in [0.2, 0.25) is 0 Å². The van der Waals surface area contributed by atoms with Gasteiger partial charge in [0.25, 0.3) is 0 Å². The Balaban J connectivity index is 1.47. The Hall–Kier alpha value is -1.38. The second-order valence-corrected chi connectivity index (χ2v) is 10.9. The third kappa shape index (κ3) is 2.47. The Labute approximate surface area is 170 Å². The lowest BCUT2D eigenvalue weighted by Crippen LogP contribution is -2.52. The predicted molar refractivity (Wildman–Crippen MR) is 113 cm³/mol. The Morgan fingerprint density at radius 1 is 1.11 bits per heavy atom. The van der Waals surface area contributed by atoms with Gasteiger partial charge in [0, 0.05) is 23.7 Å². The summed E-state index contributed by atoms with van der Waals surface area (Å²) in [6, 6.07) is 0. The number of Topliss-reactive ketones (excluding diaryl/α,β-unsaturated/α-hetero) is 1. The predicted octanol–water partition coefficient (Wildman–Crippen LogP) is 5.72. The first-order valence-corrected chi connectivity index (χ1v) is 11.6. The summed E-state index contributed by atoms with van der Waals surface area (Å²) in [7, 11) is 1.98. The van der Waals surface area contributed by atoms with Crippen LogP contribution >= 0.6 is 0 Å². The van der Waals surface area contributed by atoms with Gasteiger partial charge in [-0.15, -0.1) is 0 Å². The fourth-order valence-corrected chi connectivity index (χ4v) is 7.94. The highest BCUT2D eigenvalue weighted by Crippen LogP contribution is 2.66. The fraction of sp³-hybridized carbons (Fsp3) is 0.760. The first kappa shape index (κ1) is 18.6. The number of hydrogen-bond donors (Lipinski definition) is 0. The zero-order valence-corrected chi connectivity index (χ0v) is 18.1. The lowest BCUT2D eigenvalue weighted by atomic mass is 9.45. The van der Waals surface area contributed by atoms with Crippen molar-refractivity contribution in [1.82, 2.24) is 9.78 Å². The van der Waals surface area contributed by atoms with Crippen molar-refractivity contribution >= 4 is 11.9 Å². The van der Waals surface area contributed by atoms with E-state index in [1.807, 2.05) is 17.9 Å². The fourth-order valence-electron chi connectivity index (χ4n) is 7.94. The number of aryl methyl sites for hydroxylation is 1. The monoisotopic (exact) mass is 380 g/mol. The van der Waals surface area contributed by atoms with Crippen LogP contribution in [0.1, 0.15) is 82.9 Å². The molecule has 0 amide bonds. The van der Waals surface area contributed by atoms with Crippen molar-refractivity contribution in [1.29, 1.82) is 0 Å². The van der Waals surface area contributed by atoms with Crippen LogP contribution in [0.25, 0.3) is 6.08 Å². The molecule has 3 nitrogen and oxygen atoms in total. The number of aromatic nitrogens is 2. The van der Waals surface area contributed by atoms with E-state index in [1.54, 1.807) is 0 Å². The first-order chi connectivity index (χ1) is 13.3. The molecule has 0 N–H and O–H groups in total. The third-order valence-electron chi connectivity index (χ3n) is 9.83. The van der Waals surface area contributed by atoms with E-state index in [9.17, 15) is 4.79 Å². The number of carbonyl (C=O) groups excluding carboxylic acids is 1. The van der Waals surface area contributed by atoms with Crippen molar-refractivity contribution < 1.29 is 4.79 Å². The summed E-state index contributed by atoms with van der Waals surface area (Å²) < 4.78 is 1.90. The van der Waals surface area contributed by atoms with E-state index in [0.29, 0.717) is 17.1 Å². The van der Waals surface area contributed by atoms with E-state index in [2.05, 4.69) is 31.9 Å². The molecule has 4 aliphatic rings. The summed E-state index contributed by atoms with van der Waals surface area (Å²) in [5, 5.41) is 4.37. The number of hydrogen-bond acceptors (Lipinski definition) is 2. The highest BCUT2D eigenvalue weighted by atomic mass is 16.1. The van der Waals surface area contributed by atoms with E-state index < -0.39 is 0 Å². The molecular formula is C25H36N2O. The van der Waals surface area contributed by atoms with Crippen molar-refractivity contribution in [3.05, 3.63) is 23.0 Å². The summed E-state index contributed by atoms with van der Waals surface area (Å²) in [4.78, 5) is 13.5. The van der Waals surface area contributed by atoms with Gasteiger partial charge in [-0.3, -0.25) is 9.48 Å². The van der Waals surface area contributed by atoms with Crippen LogP contribution in [0, 0.1) is 41.4 Å². The molecular weight excluding hydrogens is 344 g/mol. The lowest BCUT2D eigenvalue weighted by Gasteiger charge is -2.59. The molecule has 3 heteroatoms. The second kappa shape index (κ2) is 6.31. The number of allylic oxidation sites excluding steroid dienone is 1. The Kier molecular flexibility index (Phi) is 4.20. The Morgan fingerprint density at radius 3 is 2.68 bits per heavy atom. The molecule has 28 heavy (non-hydrogen) atoms. The number of ketones is 1. The van der Waals surface area contributed by atoms with Crippen molar-refractivity contribution in [3.63, 3.8) is 0 Å². The van der Waals surface area contributed by atoms with Crippen molar-refractivity contribution in [2.45, 2.75) is 78.6 Å². The maximum atomic E-state index is 13.5. The quantitative estimate of drug-likeness (QED) is 0.584. The molecule has 0 saturated heterocycles. The molecule has 0 spiro atoms. The van der Waals surface area contributed by atoms with Crippen LogP contribution in [0.5, 0.6) is 0 Å². The minimum Gasteiger partial charge on any atom is -0.294 e. The molecule has 1 aromatic rings. The van der Waals surface area contributed by atoms with Gasteiger partial charge in [0.05, 0.1) is 6.20 Å². The molecule has 0 aromatic carbocycles. The SMILES string of the molecule is Cc1c(C=C2CC3C4CCC5CCCCC5(C)C4CCC3(C)C2=O)cnn1C. The normalized spacial score (nSPS) is 44.3. The molecule has 0 radical (unpaired) electrons.